The number of hydrogen-bond acceptors (Lipinski definition) is 1. The van der Waals surface area contributed by atoms with Crippen LogP contribution in [0.1, 0.15) is 25.0 Å². The molecule has 0 bridgehead atoms. The van der Waals surface area contributed by atoms with E-state index in [0.29, 0.717) is 0 Å². The summed E-state index contributed by atoms with van der Waals surface area (Å²) >= 11 is 0. The molecule has 1 heterocycles. The second kappa shape index (κ2) is 12.1. The zero-order valence-electron chi connectivity index (χ0n) is 30.9. The van der Waals surface area contributed by atoms with Crippen molar-refractivity contribution < 1.29 is 0 Å². The van der Waals surface area contributed by atoms with Crippen molar-refractivity contribution in [1.29, 1.82) is 0 Å². The molecule has 260 valence electrons. The van der Waals surface area contributed by atoms with Crippen LogP contribution in [0.15, 0.2) is 194 Å². The molecule has 0 aliphatic heterocycles. The van der Waals surface area contributed by atoms with E-state index in [2.05, 4.69) is 217 Å². The average molecular weight is 703 g/mol. The van der Waals surface area contributed by atoms with Crippen molar-refractivity contribution in [2.24, 2.45) is 0 Å². The normalized spacial score (nSPS) is 13.1. The molecule has 10 aromatic rings. The summed E-state index contributed by atoms with van der Waals surface area (Å²) in [4.78, 5) is 2.31. The molecule has 0 radical (unpaired) electrons. The van der Waals surface area contributed by atoms with E-state index in [4.69, 9.17) is 0 Å². The molecule has 1 aromatic heterocycles. The van der Waals surface area contributed by atoms with Gasteiger partial charge in [0.05, 0.1) is 11.0 Å². The molecule has 0 N–H and O–H groups in total. The number of para-hydroxylation sites is 2. The lowest BCUT2D eigenvalue weighted by Gasteiger charge is -2.25. The topological polar surface area (TPSA) is 8.17 Å². The highest BCUT2D eigenvalue weighted by Crippen LogP contribution is 2.52. The van der Waals surface area contributed by atoms with Crippen LogP contribution >= 0.6 is 0 Å². The standard InChI is InChI=1S/C53H38N2/c1-53(2)49-20-12-11-19-43(49)44-28-30-46-45(51(44)53)29-31-47-48-34-38(24-32-50(48)55(52(46)47)42-27-23-35-13-9-10-14-37(35)33-42)36-21-25-41(26-22-36)54(39-15-5-3-6-16-39)40-17-7-4-8-18-40/h3-34H,1-2H3. The summed E-state index contributed by atoms with van der Waals surface area (Å²) in [5.74, 6) is 0. The van der Waals surface area contributed by atoms with Gasteiger partial charge in [-0.2, -0.15) is 0 Å². The Morgan fingerprint density at radius 1 is 0.418 bits per heavy atom. The summed E-state index contributed by atoms with van der Waals surface area (Å²) in [5, 5.41) is 7.62. The van der Waals surface area contributed by atoms with Crippen molar-refractivity contribution in [2.45, 2.75) is 19.3 Å². The maximum Gasteiger partial charge on any atom is 0.0619 e. The van der Waals surface area contributed by atoms with Crippen molar-refractivity contribution in [3.8, 4) is 27.9 Å². The predicted octanol–water partition coefficient (Wildman–Crippen LogP) is 14.5. The molecule has 2 heteroatoms. The van der Waals surface area contributed by atoms with Gasteiger partial charge in [-0.3, -0.25) is 0 Å². The first-order valence-electron chi connectivity index (χ1n) is 19.2. The van der Waals surface area contributed by atoms with E-state index in [9.17, 15) is 0 Å². The lowest BCUT2D eigenvalue weighted by atomic mass is 9.80. The van der Waals surface area contributed by atoms with Gasteiger partial charge in [-0.25, -0.2) is 0 Å². The molecule has 9 aromatic carbocycles. The number of hydrogen-bond donors (Lipinski definition) is 0. The summed E-state index contributed by atoms with van der Waals surface area (Å²) in [6, 6.07) is 71.2. The van der Waals surface area contributed by atoms with Crippen LogP contribution in [-0.4, -0.2) is 4.57 Å². The fourth-order valence-corrected chi connectivity index (χ4v) is 9.38. The van der Waals surface area contributed by atoms with E-state index >= 15 is 0 Å². The molecule has 0 unspecified atom stereocenters. The minimum atomic E-state index is -0.102. The van der Waals surface area contributed by atoms with Crippen LogP contribution in [0.25, 0.3) is 71.3 Å². The van der Waals surface area contributed by atoms with E-state index in [1.165, 1.54) is 82.4 Å². The molecule has 11 rings (SSSR count). The Labute approximate surface area is 321 Å². The Bertz CT molecular complexity index is 3060. The van der Waals surface area contributed by atoms with E-state index < -0.39 is 0 Å². The first-order chi connectivity index (χ1) is 27.0. The number of fused-ring (bicyclic) bond motifs is 10. The quantitative estimate of drug-likeness (QED) is 0.173. The Balaban J connectivity index is 1.11. The second-order valence-corrected chi connectivity index (χ2v) is 15.4. The van der Waals surface area contributed by atoms with E-state index in [1.807, 2.05) is 0 Å². The van der Waals surface area contributed by atoms with Crippen LogP contribution in [0.2, 0.25) is 0 Å². The van der Waals surface area contributed by atoms with E-state index in [-0.39, 0.29) is 5.41 Å². The van der Waals surface area contributed by atoms with Gasteiger partial charge in [0.25, 0.3) is 0 Å². The first-order valence-corrected chi connectivity index (χ1v) is 19.2. The summed E-state index contributed by atoms with van der Waals surface area (Å²) in [5.41, 5.74) is 14.8. The molecule has 1 aliphatic carbocycles. The van der Waals surface area contributed by atoms with E-state index in [0.717, 1.165) is 17.1 Å². The van der Waals surface area contributed by atoms with Gasteiger partial charge in [0, 0.05) is 44.3 Å². The van der Waals surface area contributed by atoms with Crippen molar-refractivity contribution in [2.75, 3.05) is 4.90 Å². The van der Waals surface area contributed by atoms with Gasteiger partial charge in [0.15, 0.2) is 0 Å². The molecule has 0 saturated heterocycles. The summed E-state index contributed by atoms with van der Waals surface area (Å²) in [6.45, 7) is 4.77. The Morgan fingerprint density at radius 3 is 1.78 bits per heavy atom. The van der Waals surface area contributed by atoms with Crippen molar-refractivity contribution >= 4 is 60.4 Å². The highest BCUT2D eigenvalue weighted by atomic mass is 15.1. The molecule has 1 aliphatic rings. The summed E-state index contributed by atoms with van der Waals surface area (Å²) < 4.78 is 2.51. The monoisotopic (exact) mass is 702 g/mol. The van der Waals surface area contributed by atoms with Crippen LogP contribution in [0, 0.1) is 0 Å². The highest BCUT2D eigenvalue weighted by Gasteiger charge is 2.37. The Morgan fingerprint density at radius 2 is 1.02 bits per heavy atom. The second-order valence-electron chi connectivity index (χ2n) is 15.4. The zero-order valence-corrected chi connectivity index (χ0v) is 30.9. The van der Waals surface area contributed by atoms with Gasteiger partial charge in [-0.1, -0.05) is 147 Å². The van der Waals surface area contributed by atoms with Crippen LogP contribution in [0.5, 0.6) is 0 Å². The minimum absolute atomic E-state index is 0.102. The third-order valence-corrected chi connectivity index (χ3v) is 11.9. The molecular weight excluding hydrogens is 665 g/mol. The SMILES string of the molecule is CC1(C)c2ccccc2-c2ccc3c(ccc4c5cc(-c6ccc(N(c7ccccc7)c7ccccc7)cc6)ccc5n(-c5ccc6ccccc6c5)c34)c21. The minimum Gasteiger partial charge on any atom is -0.311 e. The highest BCUT2D eigenvalue weighted by molar-refractivity contribution is 6.20. The summed E-state index contributed by atoms with van der Waals surface area (Å²) in [6.07, 6.45) is 0. The van der Waals surface area contributed by atoms with Gasteiger partial charge < -0.3 is 9.47 Å². The molecule has 0 saturated carbocycles. The zero-order chi connectivity index (χ0) is 36.7. The van der Waals surface area contributed by atoms with Crippen LogP contribution in [0.3, 0.4) is 0 Å². The summed E-state index contributed by atoms with van der Waals surface area (Å²) in [7, 11) is 0. The average Bonchev–Trinajstić information content (AvgIpc) is 3.70. The maximum atomic E-state index is 2.51. The van der Waals surface area contributed by atoms with Crippen molar-refractivity contribution in [3.63, 3.8) is 0 Å². The number of nitrogens with zero attached hydrogens (tertiary/aromatic N) is 2. The predicted molar refractivity (Wildman–Crippen MR) is 233 cm³/mol. The van der Waals surface area contributed by atoms with Crippen LogP contribution in [-0.2, 0) is 5.41 Å². The smallest absolute Gasteiger partial charge is 0.0619 e. The Hall–Kier alpha value is -6.90. The lowest BCUT2D eigenvalue weighted by Crippen LogP contribution is -2.15. The fourth-order valence-electron chi connectivity index (χ4n) is 9.38. The Kier molecular flexibility index (Phi) is 6.93. The fraction of sp³-hybridized carbons (Fsp3) is 0.0566. The first kappa shape index (κ1) is 31.6. The molecule has 0 amide bonds. The number of aromatic nitrogens is 1. The van der Waals surface area contributed by atoms with Crippen LogP contribution < -0.4 is 4.90 Å². The lowest BCUT2D eigenvalue weighted by molar-refractivity contribution is 0.666. The van der Waals surface area contributed by atoms with Gasteiger partial charge in [0.1, 0.15) is 0 Å². The number of anilines is 3. The van der Waals surface area contributed by atoms with Crippen molar-refractivity contribution in [3.05, 3.63) is 205 Å². The molecule has 0 spiro atoms. The van der Waals surface area contributed by atoms with Gasteiger partial charge in [-0.15, -0.1) is 0 Å². The van der Waals surface area contributed by atoms with Gasteiger partial charge in [0.2, 0.25) is 0 Å². The van der Waals surface area contributed by atoms with Crippen molar-refractivity contribution in [1.82, 2.24) is 4.57 Å². The largest absolute Gasteiger partial charge is 0.311 e. The molecular formula is C53H38N2. The molecule has 0 atom stereocenters. The third-order valence-electron chi connectivity index (χ3n) is 11.9. The molecule has 55 heavy (non-hydrogen) atoms. The number of rotatable bonds is 5. The van der Waals surface area contributed by atoms with Gasteiger partial charge >= 0.3 is 0 Å². The molecule has 0 fully saturated rings. The third kappa shape index (κ3) is 4.81. The molecule has 2 nitrogen and oxygen atoms in total. The van der Waals surface area contributed by atoms with Gasteiger partial charge in [-0.05, 0) is 110 Å². The van der Waals surface area contributed by atoms with E-state index in [1.54, 1.807) is 0 Å². The number of benzene rings is 9. The maximum absolute atomic E-state index is 2.51. The van der Waals surface area contributed by atoms with Crippen LogP contribution in [0.4, 0.5) is 17.1 Å².